The first kappa shape index (κ1) is 13.4. The number of nitrogens with one attached hydrogen (secondary N) is 1. The molecule has 0 radical (unpaired) electrons. The van der Waals surface area contributed by atoms with Crippen LogP contribution in [0.15, 0.2) is 30.6 Å². The Morgan fingerprint density at radius 1 is 1.28 bits per heavy atom. The van der Waals surface area contributed by atoms with Gasteiger partial charge in [0, 0.05) is 25.4 Å². The maximum absolute atomic E-state index is 9.16. The van der Waals surface area contributed by atoms with Crippen LogP contribution in [0.2, 0.25) is 10.0 Å². The molecule has 0 spiro atoms. The lowest BCUT2D eigenvalue weighted by molar-refractivity contribution is 0.274. The van der Waals surface area contributed by atoms with Crippen LogP contribution in [0.1, 0.15) is 23.7 Å². The third-order valence-electron chi connectivity index (χ3n) is 2.89. The van der Waals surface area contributed by atoms with Crippen molar-refractivity contribution < 1.29 is 5.11 Å². The van der Waals surface area contributed by atoms with Crippen molar-refractivity contribution >= 4 is 23.2 Å². The van der Waals surface area contributed by atoms with Crippen LogP contribution in [0.4, 0.5) is 0 Å². The minimum Gasteiger partial charge on any atom is -0.396 e. The van der Waals surface area contributed by atoms with Crippen molar-refractivity contribution in [3.63, 3.8) is 0 Å². The van der Waals surface area contributed by atoms with Crippen LogP contribution in [0.25, 0.3) is 0 Å². The number of halogens is 2. The number of hydrogen-bond donors (Lipinski definition) is 2. The number of aliphatic hydroxyl groups excluding tert-OH is 1. The summed E-state index contributed by atoms with van der Waals surface area (Å²) in [6.45, 7) is 0.131. The molecule has 2 aromatic rings. The molecule has 5 heteroatoms. The summed E-state index contributed by atoms with van der Waals surface area (Å²) in [5, 5.41) is 10.2. The van der Waals surface area contributed by atoms with E-state index < -0.39 is 0 Å². The van der Waals surface area contributed by atoms with Gasteiger partial charge in [-0.25, -0.2) is 4.98 Å². The molecule has 1 heterocycles. The molecule has 0 amide bonds. The third-order valence-corrected chi connectivity index (χ3v) is 3.63. The Morgan fingerprint density at radius 3 is 2.72 bits per heavy atom. The number of aromatic nitrogens is 2. The van der Waals surface area contributed by atoms with Gasteiger partial charge in [-0.15, -0.1) is 0 Å². The second kappa shape index (κ2) is 6.23. The third kappa shape index (κ3) is 3.25. The largest absolute Gasteiger partial charge is 0.396 e. The number of benzene rings is 1. The smallest absolute Gasteiger partial charge is 0.106 e. The highest BCUT2D eigenvalue weighted by Gasteiger charge is 2.14. The maximum Gasteiger partial charge on any atom is 0.106 e. The second-order valence-corrected chi connectivity index (χ2v) is 4.94. The van der Waals surface area contributed by atoms with E-state index in [1.54, 1.807) is 18.5 Å². The summed E-state index contributed by atoms with van der Waals surface area (Å²) in [5.41, 5.74) is 1.06. The minimum absolute atomic E-state index is 0.131. The molecule has 96 valence electrons. The van der Waals surface area contributed by atoms with Gasteiger partial charge in [0.2, 0.25) is 0 Å². The van der Waals surface area contributed by atoms with E-state index in [4.69, 9.17) is 28.3 Å². The monoisotopic (exact) mass is 284 g/mol. The Bertz CT molecular complexity index is 500. The Kier molecular flexibility index (Phi) is 4.64. The zero-order valence-corrected chi connectivity index (χ0v) is 11.2. The van der Waals surface area contributed by atoms with Gasteiger partial charge in [0.15, 0.2) is 0 Å². The van der Waals surface area contributed by atoms with E-state index in [0.29, 0.717) is 16.5 Å². The topological polar surface area (TPSA) is 48.9 Å². The van der Waals surface area contributed by atoms with E-state index >= 15 is 0 Å². The molecule has 0 aliphatic heterocycles. The van der Waals surface area contributed by atoms with Crippen molar-refractivity contribution in [2.75, 3.05) is 6.61 Å². The molecule has 3 nitrogen and oxygen atoms in total. The molecule has 0 bridgehead atoms. The molecular formula is C13H14Cl2N2O. The normalized spacial score (nSPS) is 12.6. The lowest BCUT2D eigenvalue weighted by Crippen LogP contribution is -2.06. The van der Waals surface area contributed by atoms with E-state index in [1.165, 1.54) is 0 Å². The average molecular weight is 285 g/mol. The molecule has 1 aromatic carbocycles. The number of rotatable bonds is 5. The fourth-order valence-electron chi connectivity index (χ4n) is 1.95. The highest BCUT2D eigenvalue weighted by atomic mass is 35.5. The lowest BCUT2D eigenvalue weighted by Gasteiger charge is -2.15. The minimum atomic E-state index is 0.131. The van der Waals surface area contributed by atoms with Crippen LogP contribution in [0, 0.1) is 0 Å². The van der Waals surface area contributed by atoms with Gasteiger partial charge in [-0.05, 0) is 30.0 Å². The van der Waals surface area contributed by atoms with E-state index in [9.17, 15) is 0 Å². The van der Waals surface area contributed by atoms with Gasteiger partial charge in [0.05, 0.1) is 10.0 Å². The van der Waals surface area contributed by atoms with Gasteiger partial charge in [-0.2, -0.15) is 0 Å². The highest BCUT2D eigenvalue weighted by molar-refractivity contribution is 6.42. The summed E-state index contributed by atoms with van der Waals surface area (Å²) >= 11 is 11.9. The molecule has 0 unspecified atom stereocenters. The van der Waals surface area contributed by atoms with Gasteiger partial charge >= 0.3 is 0 Å². The summed E-state index contributed by atoms with van der Waals surface area (Å²) in [7, 11) is 0. The van der Waals surface area contributed by atoms with Gasteiger partial charge in [0.25, 0.3) is 0 Å². The predicted molar refractivity (Wildman–Crippen MR) is 73.2 cm³/mol. The first-order valence-electron chi connectivity index (χ1n) is 5.74. The van der Waals surface area contributed by atoms with Gasteiger partial charge in [-0.3, -0.25) is 0 Å². The first-order valence-corrected chi connectivity index (χ1v) is 6.50. The van der Waals surface area contributed by atoms with Crippen molar-refractivity contribution in [1.29, 1.82) is 0 Å². The van der Waals surface area contributed by atoms with Crippen LogP contribution in [0.5, 0.6) is 0 Å². The predicted octanol–water partition coefficient (Wildman–Crippen LogP) is 3.43. The summed E-state index contributed by atoms with van der Waals surface area (Å²) in [5.74, 6) is 1.08. The first-order chi connectivity index (χ1) is 8.70. The van der Waals surface area contributed by atoms with Crippen molar-refractivity contribution in [3.05, 3.63) is 52.0 Å². The SMILES string of the molecule is OCC[C@H](Cc1ncc[nH]1)c1ccc(Cl)c(Cl)c1. The fraction of sp³-hybridized carbons (Fsp3) is 0.308. The van der Waals surface area contributed by atoms with Crippen LogP contribution in [-0.4, -0.2) is 21.7 Å². The standard InChI is InChI=1S/C13H14Cl2N2O/c14-11-2-1-9(7-12(11)15)10(3-6-18)8-13-16-4-5-17-13/h1-2,4-5,7,10,18H,3,6,8H2,(H,16,17)/t10-/m1/s1. The summed E-state index contributed by atoms with van der Waals surface area (Å²) < 4.78 is 0. The number of H-pyrrole nitrogens is 1. The Labute approximate surface area is 116 Å². The molecule has 1 aromatic heterocycles. The Balaban J connectivity index is 2.20. The summed E-state index contributed by atoms with van der Waals surface area (Å²) in [4.78, 5) is 7.28. The van der Waals surface area contributed by atoms with Crippen molar-refractivity contribution in [2.24, 2.45) is 0 Å². The number of aliphatic hydroxyl groups is 1. The highest BCUT2D eigenvalue weighted by Crippen LogP contribution is 2.29. The number of hydrogen-bond acceptors (Lipinski definition) is 2. The van der Waals surface area contributed by atoms with E-state index in [1.807, 2.05) is 12.1 Å². The molecular weight excluding hydrogens is 271 g/mol. The zero-order chi connectivity index (χ0) is 13.0. The zero-order valence-electron chi connectivity index (χ0n) is 9.74. The number of nitrogens with zero attached hydrogens (tertiary/aromatic N) is 1. The van der Waals surface area contributed by atoms with Crippen molar-refractivity contribution in [2.45, 2.75) is 18.8 Å². The Morgan fingerprint density at radius 2 is 2.11 bits per heavy atom. The van der Waals surface area contributed by atoms with E-state index in [2.05, 4.69) is 9.97 Å². The lowest BCUT2D eigenvalue weighted by atomic mass is 9.92. The summed E-state index contributed by atoms with van der Waals surface area (Å²) in [6.07, 6.45) is 4.92. The molecule has 2 N–H and O–H groups in total. The van der Waals surface area contributed by atoms with Crippen LogP contribution < -0.4 is 0 Å². The van der Waals surface area contributed by atoms with Gasteiger partial charge in [0.1, 0.15) is 5.82 Å². The van der Waals surface area contributed by atoms with E-state index in [0.717, 1.165) is 17.8 Å². The quantitative estimate of drug-likeness (QED) is 0.884. The van der Waals surface area contributed by atoms with Crippen LogP contribution in [-0.2, 0) is 6.42 Å². The molecule has 18 heavy (non-hydrogen) atoms. The molecule has 0 saturated heterocycles. The Hall–Kier alpha value is -1.03. The number of imidazole rings is 1. The molecule has 1 atom stereocenters. The number of aromatic amines is 1. The van der Waals surface area contributed by atoms with E-state index in [-0.39, 0.29) is 12.5 Å². The average Bonchev–Trinajstić information content (AvgIpc) is 2.85. The van der Waals surface area contributed by atoms with Crippen molar-refractivity contribution in [3.8, 4) is 0 Å². The molecule has 0 aliphatic rings. The molecule has 0 saturated carbocycles. The second-order valence-electron chi connectivity index (χ2n) is 4.12. The van der Waals surface area contributed by atoms with Gasteiger partial charge in [-0.1, -0.05) is 29.3 Å². The maximum atomic E-state index is 9.16. The van der Waals surface area contributed by atoms with Gasteiger partial charge < -0.3 is 10.1 Å². The molecule has 0 aliphatic carbocycles. The summed E-state index contributed by atoms with van der Waals surface area (Å²) in [6, 6.07) is 5.58. The van der Waals surface area contributed by atoms with Crippen molar-refractivity contribution in [1.82, 2.24) is 9.97 Å². The van der Waals surface area contributed by atoms with Crippen LogP contribution in [0.3, 0.4) is 0 Å². The molecule has 2 rings (SSSR count). The van der Waals surface area contributed by atoms with Crippen LogP contribution >= 0.6 is 23.2 Å². The molecule has 0 fully saturated rings. The fourth-order valence-corrected chi connectivity index (χ4v) is 2.26.